The van der Waals surface area contributed by atoms with Gasteiger partial charge in [0.05, 0.1) is 10.8 Å². The van der Waals surface area contributed by atoms with Crippen molar-refractivity contribution in [3.63, 3.8) is 0 Å². The predicted octanol–water partition coefficient (Wildman–Crippen LogP) is 1.91. The van der Waals surface area contributed by atoms with Crippen molar-refractivity contribution < 1.29 is 13.2 Å². The number of primary sulfonamides is 1. The maximum Gasteiger partial charge on any atom is 0.238 e. The monoisotopic (exact) mass is 445 g/mol. The lowest BCUT2D eigenvalue weighted by Crippen LogP contribution is -2.43. The van der Waals surface area contributed by atoms with Crippen LogP contribution in [0.2, 0.25) is 0 Å². The zero-order valence-corrected chi connectivity index (χ0v) is 18.0. The summed E-state index contributed by atoms with van der Waals surface area (Å²) in [5, 5.41) is 9.03. The van der Waals surface area contributed by atoms with E-state index in [1.165, 1.54) is 12.1 Å². The van der Waals surface area contributed by atoms with Crippen LogP contribution in [-0.2, 0) is 21.2 Å². The van der Waals surface area contributed by atoms with E-state index in [4.69, 9.17) is 5.14 Å². The van der Waals surface area contributed by atoms with Crippen LogP contribution in [0.3, 0.4) is 0 Å². The number of amides is 1. The van der Waals surface area contributed by atoms with Gasteiger partial charge in [0, 0.05) is 25.8 Å². The zero-order valence-electron chi connectivity index (χ0n) is 16.3. The minimum atomic E-state index is -3.69. The first-order valence-electron chi connectivity index (χ1n) is 9.76. The highest BCUT2D eigenvalue weighted by Gasteiger charge is 2.27. The van der Waals surface area contributed by atoms with Gasteiger partial charge in [-0.05, 0) is 49.1 Å². The predicted molar refractivity (Wildman–Crippen MR) is 117 cm³/mol. The molecule has 10 heteroatoms. The van der Waals surface area contributed by atoms with Crippen molar-refractivity contribution in [3.8, 4) is 0 Å². The van der Waals surface area contributed by atoms with Gasteiger partial charge in [-0.25, -0.2) is 23.5 Å². The minimum absolute atomic E-state index is 0.0418. The fraction of sp³-hybridized carbons (Fsp3) is 0.350. The maximum absolute atomic E-state index is 12.7. The van der Waals surface area contributed by atoms with Gasteiger partial charge in [-0.2, -0.15) is 0 Å². The van der Waals surface area contributed by atoms with E-state index in [1.807, 2.05) is 12.1 Å². The molecule has 2 aromatic heterocycles. The first-order chi connectivity index (χ1) is 14.4. The summed E-state index contributed by atoms with van der Waals surface area (Å²) in [6, 6.07) is 10.2. The van der Waals surface area contributed by atoms with E-state index in [0.29, 0.717) is 19.5 Å². The number of fused-ring (bicyclic) bond motifs is 1. The molecule has 0 aliphatic carbocycles. The number of nitrogens with zero attached hydrogens (tertiary/aromatic N) is 3. The lowest BCUT2D eigenvalue weighted by molar-refractivity contribution is -0.125. The van der Waals surface area contributed by atoms with Crippen LogP contribution in [0.5, 0.6) is 0 Å². The minimum Gasteiger partial charge on any atom is -0.355 e. The van der Waals surface area contributed by atoms with E-state index in [0.717, 1.165) is 40.4 Å². The average Bonchev–Trinajstić information content (AvgIpc) is 3.18. The number of rotatable bonds is 6. The Morgan fingerprint density at radius 2 is 2.07 bits per heavy atom. The smallest absolute Gasteiger partial charge is 0.238 e. The zero-order chi connectivity index (χ0) is 21.1. The molecule has 0 unspecified atom stereocenters. The van der Waals surface area contributed by atoms with Crippen LogP contribution in [0.15, 0.2) is 47.5 Å². The number of piperidine rings is 1. The lowest BCUT2D eigenvalue weighted by atomic mass is 9.97. The van der Waals surface area contributed by atoms with Gasteiger partial charge in [-0.3, -0.25) is 4.79 Å². The Morgan fingerprint density at radius 1 is 1.27 bits per heavy atom. The van der Waals surface area contributed by atoms with Gasteiger partial charge in [0.2, 0.25) is 15.9 Å². The summed E-state index contributed by atoms with van der Waals surface area (Å²) >= 11 is 1.56. The van der Waals surface area contributed by atoms with Crippen LogP contribution >= 0.6 is 11.3 Å². The third-order valence-corrected chi connectivity index (χ3v) is 7.15. The third kappa shape index (κ3) is 4.77. The molecule has 0 spiro atoms. The van der Waals surface area contributed by atoms with Crippen LogP contribution in [0, 0.1) is 5.92 Å². The number of hydrogen-bond donors (Lipinski definition) is 2. The molecule has 3 N–H and O–H groups in total. The first kappa shape index (κ1) is 20.7. The summed E-state index contributed by atoms with van der Waals surface area (Å²) in [6.45, 7) is 2.03. The Bertz CT molecular complexity index is 1110. The molecular formula is C20H23N5O3S2. The van der Waals surface area contributed by atoms with E-state index < -0.39 is 10.0 Å². The van der Waals surface area contributed by atoms with Crippen LogP contribution in [0.4, 0.5) is 5.13 Å². The van der Waals surface area contributed by atoms with E-state index in [2.05, 4.69) is 20.2 Å². The number of sulfonamides is 1. The van der Waals surface area contributed by atoms with E-state index >= 15 is 0 Å². The largest absolute Gasteiger partial charge is 0.355 e. The number of nitrogens with one attached hydrogen (secondary N) is 1. The quantitative estimate of drug-likeness (QED) is 0.598. The molecule has 3 heterocycles. The molecule has 0 radical (unpaired) electrons. The lowest BCUT2D eigenvalue weighted by Gasteiger charge is -2.31. The highest BCUT2D eigenvalue weighted by Crippen LogP contribution is 2.30. The normalized spacial score (nSPS) is 17.2. The SMILES string of the molecule is NS(=O)(=O)c1ccc(CCNC(=O)[C@@H]2CCCN(c3nc4cccnc4s3)C2)cc1. The molecule has 8 nitrogen and oxygen atoms in total. The number of carbonyl (C=O) groups excluding carboxylic acids is 1. The summed E-state index contributed by atoms with van der Waals surface area (Å²) in [7, 11) is -3.69. The highest BCUT2D eigenvalue weighted by atomic mass is 32.2. The molecule has 1 fully saturated rings. The number of anilines is 1. The van der Waals surface area contributed by atoms with Crippen molar-refractivity contribution in [2.75, 3.05) is 24.5 Å². The molecule has 30 heavy (non-hydrogen) atoms. The van der Waals surface area contributed by atoms with Gasteiger partial charge in [-0.15, -0.1) is 0 Å². The maximum atomic E-state index is 12.7. The molecule has 0 saturated carbocycles. The Balaban J connectivity index is 1.31. The molecule has 1 saturated heterocycles. The molecule has 0 bridgehead atoms. The van der Waals surface area contributed by atoms with Gasteiger partial charge >= 0.3 is 0 Å². The first-order valence-corrected chi connectivity index (χ1v) is 12.1. The summed E-state index contributed by atoms with van der Waals surface area (Å²) in [5.74, 6) is -0.0384. The molecule has 158 valence electrons. The number of aromatic nitrogens is 2. The van der Waals surface area contributed by atoms with Gasteiger partial charge in [0.1, 0.15) is 10.3 Å². The highest BCUT2D eigenvalue weighted by molar-refractivity contribution is 7.89. The molecule has 1 aliphatic rings. The standard InChI is InChI=1S/C20H23N5O3S2/c21-30(27,28)16-7-5-14(6-8-16)9-11-22-18(26)15-3-2-12-25(13-15)20-24-17-4-1-10-23-19(17)29-20/h1,4-8,10,15H,2-3,9,11-13H2,(H,22,26)(H2,21,27,28)/t15-/m1/s1. The van der Waals surface area contributed by atoms with Crippen molar-refractivity contribution in [1.29, 1.82) is 0 Å². The van der Waals surface area contributed by atoms with Gasteiger partial charge < -0.3 is 10.2 Å². The number of pyridine rings is 1. The van der Waals surface area contributed by atoms with Crippen LogP contribution in [-0.4, -0.2) is 43.9 Å². The van der Waals surface area contributed by atoms with Gasteiger partial charge in [-0.1, -0.05) is 23.5 Å². The Kier molecular flexibility index (Phi) is 5.98. The van der Waals surface area contributed by atoms with Crippen molar-refractivity contribution in [3.05, 3.63) is 48.2 Å². The number of nitrogens with two attached hydrogens (primary N) is 1. The summed E-state index contributed by atoms with van der Waals surface area (Å²) in [5.41, 5.74) is 1.83. The second-order valence-corrected chi connectivity index (χ2v) is 9.86. The summed E-state index contributed by atoms with van der Waals surface area (Å²) < 4.78 is 22.6. The fourth-order valence-electron chi connectivity index (χ4n) is 3.58. The molecule has 4 rings (SSSR count). The summed E-state index contributed by atoms with van der Waals surface area (Å²) in [6.07, 6.45) is 4.18. The number of hydrogen-bond acceptors (Lipinski definition) is 7. The third-order valence-electron chi connectivity index (χ3n) is 5.18. The molecule has 1 atom stereocenters. The van der Waals surface area contributed by atoms with Crippen LogP contribution in [0.1, 0.15) is 18.4 Å². The van der Waals surface area contributed by atoms with Crippen molar-refractivity contribution in [2.45, 2.75) is 24.2 Å². The van der Waals surface area contributed by atoms with Crippen LogP contribution in [0.25, 0.3) is 10.3 Å². The molecule has 3 aromatic rings. The van der Waals surface area contributed by atoms with E-state index in [1.54, 1.807) is 29.7 Å². The topological polar surface area (TPSA) is 118 Å². The van der Waals surface area contributed by atoms with Crippen molar-refractivity contribution >= 4 is 42.7 Å². The Labute approximate surface area is 179 Å². The van der Waals surface area contributed by atoms with Crippen LogP contribution < -0.4 is 15.4 Å². The molecular weight excluding hydrogens is 422 g/mol. The average molecular weight is 446 g/mol. The summed E-state index contributed by atoms with van der Waals surface area (Å²) in [4.78, 5) is 24.8. The molecule has 1 amide bonds. The fourth-order valence-corrected chi connectivity index (χ4v) is 5.04. The number of benzene rings is 1. The van der Waals surface area contributed by atoms with E-state index in [9.17, 15) is 13.2 Å². The molecule has 1 aliphatic heterocycles. The van der Waals surface area contributed by atoms with E-state index in [-0.39, 0.29) is 16.7 Å². The number of thiazole rings is 1. The number of carbonyl (C=O) groups is 1. The van der Waals surface area contributed by atoms with Crippen molar-refractivity contribution in [2.24, 2.45) is 11.1 Å². The van der Waals surface area contributed by atoms with Crippen molar-refractivity contribution in [1.82, 2.24) is 15.3 Å². The second kappa shape index (κ2) is 8.66. The van der Waals surface area contributed by atoms with Gasteiger partial charge in [0.15, 0.2) is 5.13 Å². The Morgan fingerprint density at radius 3 is 2.80 bits per heavy atom. The Hall–Kier alpha value is -2.56. The molecule has 1 aromatic carbocycles. The van der Waals surface area contributed by atoms with Gasteiger partial charge in [0.25, 0.3) is 0 Å². The second-order valence-electron chi connectivity index (χ2n) is 7.34.